The normalized spacial score (nSPS) is 12.5. The maximum absolute atomic E-state index is 6.20. The molecule has 0 saturated carbocycles. The topological polar surface area (TPSA) is 9.23 Å². The van der Waals surface area contributed by atoms with Crippen LogP contribution in [0.2, 0.25) is 38.3 Å². The van der Waals surface area contributed by atoms with Gasteiger partial charge in [0.25, 0.3) is 0 Å². The van der Waals surface area contributed by atoms with E-state index in [0.29, 0.717) is 0 Å². The van der Waals surface area contributed by atoms with Gasteiger partial charge in [-0.1, -0.05) is 21.3 Å². The molecular weight excluding hydrogens is 180 g/mol. The van der Waals surface area contributed by atoms with Crippen LogP contribution in [0.15, 0.2) is 0 Å². The summed E-state index contributed by atoms with van der Waals surface area (Å²) in [5.41, 5.74) is 0. The smallest absolute Gasteiger partial charge is 0.173 e. The highest BCUT2D eigenvalue weighted by Crippen LogP contribution is 2.20. The second kappa shape index (κ2) is 5.19. The first-order chi connectivity index (χ1) is 4.83. The standard InChI is InChI=1S/C8H22OSi2.CH4/c1-7-10(3,4)9-11(5,6)8-2;/h7-8H2,1-6H3;1H4. The zero-order valence-corrected chi connectivity index (χ0v) is 10.8. The van der Waals surface area contributed by atoms with E-state index < -0.39 is 16.6 Å². The van der Waals surface area contributed by atoms with E-state index in [1.54, 1.807) is 0 Å². The van der Waals surface area contributed by atoms with E-state index in [9.17, 15) is 0 Å². The Hall–Kier alpha value is 0.394. The Morgan fingerprint density at radius 3 is 1.25 bits per heavy atom. The summed E-state index contributed by atoms with van der Waals surface area (Å²) >= 11 is 0. The summed E-state index contributed by atoms with van der Waals surface area (Å²) in [7, 11) is -2.54. The molecule has 0 N–H and O–H groups in total. The number of rotatable bonds is 4. The maximum atomic E-state index is 6.20. The minimum absolute atomic E-state index is 0. The van der Waals surface area contributed by atoms with Crippen LogP contribution in [0.25, 0.3) is 0 Å². The van der Waals surface area contributed by atoms with Crippen molar-refractivity contribution in [2.45, 2.75) is 59.6 Å². The van der Waals surface area contributed by atoms with Crippen LogP contribution in [0.5, 0.6) is 0 Å². The molecule has 12 heavy (non-hydrogen) atoms. The SMILES string of the molecule is C.CC[Si](C)(C)O[Si](C)(C)CC. The van der Waals surface area contributed by atoms with Gasteiger partial charge in [0.05, 0.1) is 0 Å². The first-order valence-corrected chi connectivity index (χ1v) is 10.8. The molecule has 0 aliphatic carbocycles. The average Bonchev–Trinajstić information content (AvgIpc) is 1.86. The number of hydrogen-bond donors (Lipinski definition) is 0. The molecule has 0 amide bonds. The minimum atomic E-state index is -1.27. The predicted molar refractivity (Wildman–Crippen MR) is 63.7 cm³/mol. The van der Waals surface area contributed by atoms with Gasteiger partial charge in [0.15, 0.2) is 16.6 Å². The largest absolute Gasteiger partial charge is 0.456 e. The molecule has 0 aliphatic heterocycles. The Labute approximate surface area is 80.8 Å². The van der Waals surface area contributed by atoms with Gasteiger partial charge in [-0.25, -0.2) is 0 Å². The lowest BCUT2D eigenvalue weighted by Gasteiger charge is -2.32. The highest BCUT2D eigenvalue weighted by molar-refractivity contribution is 6.84. The first-order valence-electron chi connectivity index (χ1n) is 4.53. The summed E-state index contributed by atoms with van der Waals surface area (Å²) in [5, 5.41) is 0. The maximum Gasteiger partial charge on any atom is 0.173 e. The Balaban J connectivity index is 0. The zero-order valence-electron chi connectivity index (χ0n) is 8.82. The Bertz CT molecular complexity index is 108. The van der Waals surface area contributed by atoms with Crippen molar-refractivity contribution in [2.75, 3.05) is 0 Å². The first kappa shape index (κ1) is 14.9. The third-order valence-electron chi connectivity index (χ3n) is 2.26. The van der Waals surface area contributed by atoms with Crippen molar-refractivity contribution < 1.29 is 4.12 Å². The second-order valence-corrected chi connectivity index (χ2v) is 13.6. The fourth-order valence-corrected chi connectivity index (χ4v) is 8.03. The molecule has 3 heteroatoms. The van der Waals surface area contributed by atoms with Crippen LogP contribution in [0.3, 0.4) is 0 Å². The monoisotopic (exact) mass is 206 g/mol. The van der Waals surface area contributed by atoms with Crippen molar-refractivity contribution in [2.24, 2.45) is 0 Å². The van der Waals surface area contributed by atoms with E-state index >= 15 is 0 Å². The molecule has 1 nitrogen and oxygen atoms in total. The molecule has 0 atom stereocenters. The van der Waals surface area contributed by atoms with Gasteiger partial charge in [-0.15, -0.1) is 0 Å². The lowest BCUT2D eigenvalue weighted by molar-refractivity contribution is 0.542. The van der Waals surface area contributed by atoms with E-state index in [1.165, 1.54) is 12.1 Å². The fourth-order valence-electron chi connectivity index (χ4n) is 0.892. The lowest BCUT2D eigenvalue weighted by atomic mass is 11.0. The molecule has 0 heterocycles. The van der Waals surface area contributed by atoms with Crippen molar-refractivity contribution in [1.29, 1.82) is 0 Å². The second-order valence-electron chi connectivity index (χ2n) is 4.33. The van der Waals surface area contributed by atoms with Crippen LogP contribution in [0.1, 0.15) is 21.3 Å². The van der Waals surface area contributed by atoms with Gasteiger partial charge < -0.3 is 4.12 Å². The van der Waals surface area contributed by atoms with Gasteiger partial charge in [0.1, 0.15) is 0 Å². The highest BCUT2D eigenvalue weighted by Gasteiger charge is 2.29. The summed E-state index contributed by atoms with van der Waals surface area (Å²) in [4.78, 5) is 0. The van der Waals surface area contributed by atoms with E-state index in [2.05, 4.69) is 40.0 Å². The molecule has 0 aromatic carbocycles. The third kappa shape index (κ3) is 5.97. The zero-order chi connectivity index (χ0) is 9.12. The molecule has 0 saturated heterocycles. The Morgan fingerprint density at radius 1 is 0.833 bits per heavy atom. The molecular formula is C9H26OSi2. The molecule has 0 aromatic heterocycles. The van der Waals surface area contributed by atoms with Gasteiger partial charge in [-0.05, 0) is 38.3 Å². The van der Waals surface area contributed by atoms with Crippen LogP contribution in [-0.2, 0) is 4.12 Å². The van der Waals surface area contributed by atoms with Gasteiger partial charge in [-0.2, -0.15) is 0 Å². The lowest BCUT2D eigenvalue weighted by Crippen LogP contribution is -2.43. The van der Waals surface area contributed by atoms with Gasteiger partial charge in [0.2, 0.25) is 0 Å². The van der Waals surface area contributed by atoms with E-state index in [-0.39, 0.29) is 7.43 Å². The van der Waals surface area contributed by atoms with Crippen molar-refractivity contribution in [3.63, 3.8) is 0 Å². The molecule has 0 radical (unpaired) electrons. The van der Waals surface area contributed by atoms with Gasteiger partial charge in [0, 0.05) is 0 Å². The average molecular weight is 206 g/mol. The van der Waals surface area contributed by atoms with Crippen LogP contribution >= 0.6 is 0 Å². The molecule has 0 aliphatic rings. The number of hydrogen-bond acceptors (Lipinski definition) is 1. The van der Waals surface area contributed by atoms with E-state index in [0.717, 1.165) is 0 Å². The van der Waals surface area contributed by atoms with Gasteiger partial charge >= 0.3 is 0 Å². The molecule has 0 bridgehead atoms. The summed E-state index contributed by atoms with van der Waals surface area (Å²) in [5.74, 6) is 0. The molecule has 0 aromatic rings. The Kier molecular flexibility index (Phi) is 6.45. The Morgan fingerprint density at radius 2 is 1.08 bits per heavy atom. The van der Waals surface area contributed by atoms with Crippen molar-refractivity contribution in [3.8, 4) is 0 Å². The highest BCUT2D eigenvalue weighted by atomic mass is 28.4. The molecule has 0 unspecified atom stereocenters. The van der Waals surface area contributed by atoms with Crippen LogP contribution in [-0.4, -0.2) is 16.6 Å². The van der Waals surface area contributed by atoms with Crippen molar-refractivity contribution in [1.82, 2.24) is 0 Å². The summed E-state index contributed by atoms with van der Waals surface area (Å²) in [6.07, 6.45) is 0. The van der Waals surface area contributed by atoms with Crippen LogP contribution in [0, 0.1) is 0 Å². The molecule has 0 spiro atoms. The minimum Gasteiger partial charge on any atom is -0.456 e. The predicted octanol–water partition coefficient (Wildman–Crippen LogP) is 4.09. The van der Waals surface area contributed by atoms with Crippen molar-refractivity contribution in [3.05, 3.63) is 0 Å². The summed E-state index contributed by atoms with van der Waals surface area (Å²) in [6.45, 7) is 13.8. The summed E-state index contributed by atoms with van der Waals surface area (Å²) in [6, 6.07) is 2.48. The summed E-state index contributed by atoms with van der Waals surface area (Å²) < 4.78 is 6.20. The van der Waals surface area contributed by atoms with Gasteiger partial charge in [-0.3, -0.25) is 0 Å². The van der Waals surface area contributed by atoms with Crippen LogP contribution < -0.4 is 0 Å². The molecule has 0 fully saturated rings. The quantitative estimate of drug-likeness (QED) is 0.630. The fraction of sp³-hybridized carbons (Fsp3) is 1.00. The van der Waals surface area contributed by atoms with E-state index in [4.69, 9.17) is 4.12 Å². The van der Waals surface area contributed by atoms with Crippen LogP contribution in [0.4, 0.5) is 0 Å². The third-order valence-corrected chi connectivity index (χ3v) is 10.1. The molecule has 0 rings (SSSR count). The molecule has 76 valence electrons. The van der Waals surface area contributed by atoms with E-state index in [1.807, 2.05) is 0 Å². The van der Waals surface area contributed by atoms with Crippen molar-refractivity contribution >= 4 is 16.6 Å².